The van der Waals surface area contributed by atoms with Gasteiger partial charge in [-0.25, -0.2) is 16.8 Å². The molecule has 1 aliphatic heterocycles. The zero-order valence-electron chi connectivity index (χ0n) is 13.9. The molecule has 2 rings (SSSR count). The number of rotatable bonds is 7. The maximum absolute atomic E-state index is 12.7. The maximum Gasteiger partial charge on any atom is 0.243 e. The number of benzene rings is 1. The highest BCUT2D eigenvalue weighted by Crippen LogP contribution is 2.22. The Morgan fingerprint density at radius 2 is 1.88 bits per heavy atom. The third-order valence-electron chi connectivity index (χ3n) is 3.81. The summed E-state index contributed by atoms with van der Waals surface area (Å²) in [5.74, 6) is 0.0504. The smallest absolute Gasteiger partial charge is 0.243 e. The molecule has 1 N–H and O–H groups in total. The molecule has 136 valence electrons. The van der Waals surface area contributed by atoms with Crippen molar-refractivity contribution in [2.24, 2.45) is 0 Å². The average molecular weight is 377 g/mol. The minimum Gasteiger partial charge on any atom is -0.378 e. The van der Waals surface area contributed by atoms with Crippen LogP contribution in [0.1, 0.15) is 26.7 Å². The summed E-state index contributed by atoms with van der Waals surface area (Å²) in [7, 11) is -7.01. The van der Waals surface area contributed by atoms with Gasteiger partial charge in [0.25, 0.3) is 0 Å². The second-order valence-electron chi connectivity index (χ2n) is 5.84. The molecule has 0 aromatic heterocycles. The first-order chi connectivity index (χ1) is 11.3. The Kier molecular flexibility index (Phi) is 6.24. The van der Waals surface area contributed by atoms with Crippen LogP contribution in [0.5, 0.6) is 0 Å². The van der Waals surface area contributed by atoms with Crippen molar-refractivity contribution in [3.05, 3.63) is 24.3 Å². The van der Waals surface area contributed by atoms with Gasteiger partial charge in [-0.2, -0.15) is 4.31 Å². The quantitative estimate of drug-likeness (QED) is 0.781. The third-order valence-corrected chi connectivity index (χ3v) is 7.21. The average Bonchev–Trinajstić information content (AvgIpc) is 2.53. The van der Waals surface area contributed by atoms with Gasteiger partial charge in [-0.15, -0.1) is 0 Å². The van der Waals surface area contributed by atoms with Crippen LogP contribution in [0.15, 0.2) is 29.2 Å². The molecule has 0 bridgehead atoms. The van der Waals surface area contributed by atoms with E-state index in [-0.39, 0.29) is 16.7 Å². The molecular weight excluding hydrogens is 352 g/mol. The molecule has 1 aromatic carbocycles. The number of hydrogen-bond donors (Lipinski definition) is 1. The van der Waals surface area contributed by atoms with Crippen molar-refractivity contribution < 1.29 is 21.6 Å². The van der Waals surface area contributed by atoms with Crippen LogP contribution >= 0.6 is 0 Å². The molecule has 0 aliphatic carbocycles. The molecule has 0 saturated carbocycles. The van der Waals surface area contributed by atoms with Crippen molar-refractivity contribution in [1.82, 2.24) is 4.31 Å². The summed E-state index contributed by atoms with van der Waals surface area (Å²) in [4.78, 5) is 0.146. The van der Waals surface area contributed by atoms with Crippen LogP contribution in [0.2, 0.25) is 0 Å². The molecular formula is C15H24N2O5S2. The van der Waals surface area contributed by atoms with Gasteiger partial charge in [0.2, 0.25) is 20.0 Å². The van der Waals surface area contributed by atoms with Gasteiger partial charge >= 0.3 is 0 Å². The van der Waals surface area contributed by atoms with Crippen molar-refractivity contribution in [3.8, 4) is 0 Å². The molecule has 0 radical (unpaired) electrons. The highest BCUT2D eigenvalue weighted by molar-refractivity contribution is 7.92. The van der Waals surface area contributed by atoms with Crippen LogP contribution in [0.25, 0.3) is 0 Å². The lowest BCUT2D eigenvalue weighted by atomic mass is 10.3. The van der Waals surface area contributed by atoms with E-state index in [1.165, 1.54) is 28.6 Å². The Labute approximate surface area is 144 Å². The zero-order chi connectivity index (χ0) is 17.8. The highest BCUT2D eigenvalue weighted by Gasteiger charge is 2.31. The number of anilines is 1. The normalized spacial score (nSPS) is 20.0. The molecule has 9 heteroatoms. The van der Waals surface area contributed by atoms with E-state index < -0.39 is 20.0 Å². The van der Waals surface area contributed by atoms with Gasteiger partial charge in [0, 0.05) is 18.3 Å². The van der Waals surface area contributed by atoms with Gasteiger partial charge in [0.15, 0.2) is 0 Å². The van der Waals surface area contributed by atoms with E-state index in [2.05, 4.69) is 4.72 Å². The Hall–Kier alpha value is -1.16. The third kappa shape index (κ3) is 4.69. The Morgan fingerprint density at radius 3 is 2.46 bits per heavy atom. The molecule has 1 saturated heterocycles. The Bertz CT molecular complexity index is 745. The van der Waals surface area contributed by atoms with E-state index in [9.17, 15) is 16.8 Å². The molecule has 0 amide bonds. The SMILES string of the molecule is CCCCS(=O)(=O)Nc1ccc(S(=O)(=O)N2CCOCC2C)cc1. The van der Waals surface area contributed by atoms with E-state index in [0.717, 1.165) is 6.42 Å². The van der Waals surface area contributed by atoms with E-state index in [1.807, 2.05) is 6.92 Å². The highest BCUT2D eigenvalue weighted by atomic mass is 32.2. The molecule has 1 aromatic rings. The minimum atomic E-state index is -3.61. The monoisotopic (exact) mass is 376 g/mol. The van der Waals surface area contributed by atoms with Crippen LogP contribution < -0.4 is 4.72 Å². The van der Waals surface area contributed by atoms with Gasteiger partial charge in [0.05, 0.1) is 23.9 Å². The van der Waals surface area contributed by atoms with Crippen molar-refractivity contribution in [2.45, 2.75) is 37.6 Å². The molecule has 1 fully saturated rings. The summed E-state index contributed by atoms with van der Waals surface area (Å²) < 4.78 is 58.2. The van der Waals surface area contributed by atoms with E-state index >= 15 is 0 Å². The van der Waals surface area contributed by atoms with Crippen LogP contribution in [-0.4, -0.2) is 52.7 Å². The number of unbranched alkanes of at least 4 members (excludes halogenated alkanes) is 1. The first-order valence-corrected chi connectivity index (χ1v) is 11.1. The molecule has 1 unspecified atom stereocenters. The van der Waals surface area contributed by atoms with Crippen molar-refractivity contribution in [3.63, 3.8) is 0 Å². The molecule has 0 spiro atoms. The lowest BCUT2D eigenvalue weighted by Gasteiger charge is -2.32. The first-order valence-electron chi connectivity index (χ1n) is 7.96. The summed E-state index contributed by atoms with van der Waals surface area (Å²) in [6.07, 6.45) is 1.37. The lowest BCUT2D eigenvalue weighted by Crippen LogP contribution is -2.46. The number of nitrogens with zero attached hydrogens (tertiary/aromatic N) is 1. The van der Waals surface area contributed by atoms with Gasteiger partial charge in [-0.1, -0.05) is 13.3 Å². The molecule has 7 nitrogen and oxygen atoms in total. The fourth-order valence-corrected chi connectivity index (χ4v) is 5.33. The van der Waals surface area contributed by atoms with Crippen molar-refractivity contribution in [1.29, 1.82) is 0 Å². The van der Waals surface area contributed by atoms with Crippen molar-refractivity contribution >= 4 is 25.7 Å². The summed E-state index contributed by atoms with van der Waals surface area (Å²) in [6.45, 7) is 4.77. The number of nitrogens with one attached hydrogen (secondary N) is 1. The molecule has 24 heavy (non-hydrogen) atoms. The lowest BCUT2D eigenvalue weighted by molar-refractivity contribution is 0.0393. The number of sulfonamides is 2. The summed E-state index contributed by atoms with van der Waals surface area (Å²) >= 11 is 0. The van der Waals surface area contributed by atoms with Gasteiger partial charge < -0.3 is 4.74 Å². The standard InChI is InChI=1S/C15H24N2O5S2/c1-3-4-11-23(18,19)16-14-5-7-15(8-6-14)24(20,21)17-9-10-22-12-13(17)2/h5-8,13,16H,3-4,9-12H2,1-2H3. The van der Waals surface area contributed by atoms with Crippen LogP contribution in [0, 0.1) is 0 Å². The Morgan fingerprint density at radius 1 is 1.21 bits per heavy atom. The molecule has 1 atom stereocenters. The second kappa shape index (κ2) is 7.81. The Balaban J connectivity index is 2.14. The van der Waals surface area contributed by atoms with Crippen LogP contribution in [-0.2, 0) is 24.8 Å². The van der Waals surface area contributed by atoms with Gasteiger partial charge in [0.1, 0.15) is 0 Å². The predicted octanol–water partition coefficient (Wildman–Crippen LogP) is 1.64. The summed E-state index contributed by atoms with van der Waals surface area (Å²) in [5, 5.41) is 0. The fraction of sp³-hybridized carbons (Fsp3) is 0.600. The maximum atomic E-state index is 12.7. The van der Waals surface area contributed by atoms with Gasteiger partial charge in [-0.3, -0.25) is 4.72 Å². The predicted molar refractivity (Wildman–Crippen MR) is 92.9 cm³/mol. The number of morpholine rings is 1. The van der Waals surface area contributed by atoms with Crippen LogP contribution in [0.3, 0.4) is 0 Å². The topological polar surface area (TPSA) is 92.8 Å². The molecule has 1 aliphatic rings. The number of hydrogen-bond acceptors (Lipinski definition) is 5. The minimum absolute atomic E-state index is 0.0504. The molecule has 1 heterocycles. The van der Waals surface area contributed by atoms with E-state index in [0.29, 0.717) is 31.9 Å². The summed E-state index contributed by atoms with van der Waals surface area (Å²) in [5.41, 5.74) is 0.361. The van der Waals surface area contributed by atoms with E-state index in [1.54, 1.807) is 6.92 Å². The zero-order valence-corrected chi connectivity index (χ0v) is 15.6. The van der Waals surface area contributed by atoms with Crippen molar-refractivity contribution in [2.75, 3.05) is 30.2 Å². The van der Waals surface area contributed by atoms with Gasteiger partial charge in [-0.05, 0) is 37.6 Å². The largest absolute Gasteiger partial charge is 0.378 e. The summed E-state index contributed by atoms with van der Waals surface area (Å²) in [6, 6.07) is 5.57. The first kappa shape index (κ1) is 19.2. The number of ether oxygens (including phenoxy) is 1. The fourth-order valence-electron chi connectivity index (χ4n) is 2.46. The van der Waals surface area contributed by atoms with Crippen LogP contribution in [0.4, 0.5) is 5.69 Å². The second-order valence-corrected chi connectivity index (χ2v) is 9.57. The van der Waals surface area contributed by atoms with E-state index in [4.69, 9.17) is 4.74 Å².